The summed E-state index contributed by atoms with van der Waals surface area (Å²) in [5.41, 5.74) is 0.221. The van der Waals surface area contributed by atoms with Crippen LogP contribution in [0.5, 0.6) is 0 Å². The van der Waals surface area contributed by atoms with Gasteiger partial charge in [-0.15, -0.1) is 0 Å². The fourth-order valence-electron chi connectivity index (χ4n) is 1.37. The van der Waals surface area contributed by atoms with Gasteiger partial charge in [-0.25, -0.2) is 4.39 Å². The number of halogens is 3. The van der Waals surface area contributed by atoms with Crippen molar-refractivity contribution in [3.63, 3.8) is 0 Å². The van der Waals surface area contributed by atoms with E-state index in [-0.39, 0.29) is 5.56 Å². The zero-order valence-corrected chi connectivity index (χ0v) is 8.95. The van der Waals surface area contributed by atoms with Gasteiger partial charge < -0.3 is 4.90 Å². The molecule has 1 aromatic rings. The van der Waals surface area contributed by atoms with Gasteiger partial charge in [-0.1, -0.05) is 18.2 Å². The number of hydrogen-bond acceptors (Lipinski definition) is 1. The van der Waals surface area contributed by atoms with Gasteiger partial charge in [-0.2, -0.15) is 8.78 Å². The van der Waals surface area contributed by atoms with E-state index in [0.29, 0.717) is 0 Å². The summed E-state index contributed by atoms with van der Waals surface area (Å²) in [6, 6.07) is 5.07. The molecule has 1 atom stereocenters. The molecule has 1 unspecified atom stereocenters. The van der Waals surface area contributed by atoms with Gasteiger partial charge in [0.05, 0.1) is 6.04 Å². The van der Waals surface area contributed by atoms with E-state index < -0.39 is 24.2 Å². The van der Waals surface area contributed by atoms with Crippen LogP contribution in [0.25, 0.3) is 0 Å². The smallest absolute Gasteiger partial charge is 0.315 e. The quantitative estimate of drug-likeness (QED) is 0.783. The Bertz CT molecular complexity index is 381. The summed E-state index contributed by atoms with van der Waals surface area (Å²) in [6.45, 7) is 1.50. The van der Waals surface area contributed by atoms with Crippen molar-refractivity contribution in [3.05, 3.63) is 35.6 Å². The van der Waals surface area contributed by atoms with E-state index in [1.165, 1.54) is 32.2 Å². The predicted octanol–water partition coefficient (Wildman–Crippen LogP) is 2.61. The first-order valence-corrected chi connectivity index (χ1v) is 4.74. The van der Waals surface area contributed by atoms with E-state index in [0.717, 1.165) is 4.90 Å². The summed E-state index contributed by atoms with van der Waals surface area (Å²) in [5.74, 6) is -1.82. The van der Waals surface area contributed by atoms with E-state index in [2.05, 4.69) is 0 Å². The lowest BCUT2D eigenvalue weighted by Crippen LogP contribution is -2.34. The topological polar surface area (TPSA) is 20.3 Å². The van der Waals surface area contributed by atoms with Crippen molar-refractivity contribution >= 4 is 5.91 Å². The maximum atomic E-state index is 13.3. The lowest BCUT2D eigenvalue weighted by atomic mass is 10.1. The van der Waals surface area contributed by atoms with Crippen molar-refractivity contribution < 1.29 is 18.0 Å². The Morgan fingerprint density at radius 3 is 2.38 bits per heavy atom. The average Bonchev–Trinajstić information content (AvgIpc) is 2.26. The van der Waals surface area contributed by atoms with Crippen LogP contribution in [-0.2, 0) is 4.79 Å². The molecule has 0 aliphatic heterocycles. The fraction of sp³-hybridized carbons (Fsp3) is 0.364. The molecular formula is C11H12F3NO. The van der Waals surface area contributed by atoms with Crippen LogP contribution in [0, 0.1) is 5.82 Å². The molecule has 0 saturated heterocycles. The number of hydrogen-bond donors (Lipinski definition) is 0. The Labute approximate surface area is 91.7 Å². The largest absolute Gasteiger partial charge is 0.334 e. The van der Waals surface area contributed by atoms with E-state index in [1.807, 2.05) is 0 Å². The zero-order valence-electron chi connectivity index (χ0n) is 8.95. The Morgan fingerprint density at radius 1 is 1.31 bits per heavy atom. The molecule has 16 heavy (non-hydrogen) atoms. The summed E-state index contributed by atoms with van der Waals surface area (Å²) in [6.07, 6.45) is -3.07. The number of carbonyl (C=O) groups is 1. The number of alkyl halides is 2. The lowest BCUT2D eigenvalue weighted by molar-refractivity contribution is -0.143. The molecule has 0 fully saturated rings. The lowest BCUT2D eigenvalue weighted by Gasteiger charge is -2.25. The Balaban J connectivity index is 2.90. The Morgan fingerprint density at radius 2 is 1.88 bits per heavy atom. The molecule has 1 rings (SSSR count). The molecule has 0 aromatic heterocycles. The van der Waals surface area contributed by atoms with Crippen LogP contribution in [0.3, 0.4) is 0 Å². The average molecular weight is 231 g/mol. The maximum absolute atomic E-state index is 13.3. The van der Waals surface area contributed by atoms with Gasteiger partial charge in [0.1, 0.15) is 5.82 Å². The molecule has 2 nitrogen and oxygen atoms in total. The number of carbonyl (C=O) groups excluding carboxylic acids is 1. The molecule has 0 heterocycles. The molecular weight excluding hydrogens is 219 g/mol. The second-order valence-electron chi connectivity index (χ2n) is 3.45. The number of nitrogens with zero attached hydrogens (tertiary/aromatic N) is 1. The highest BCUT2D eigenvalue weighted by atomic mass is 19.3. The molecule has 0 radical (unpaired) electrons. The Hall–Kier alpha value is -1.52. The van der Waals surface area contributed by atoms with Crippen molar-refractivity contribution in [2.24, 2.45) is 0 Å². The maximum Gasteiger partial charge on any atom is 0.315 e. The molecule has 5 heteroatoms. The van der Waals surface area contributed by atoms with Crippen LogP contribution in [0.15, 0.2) is 24.3 Å². The van der Waals surface area contributed by atoms with Gasteiger partial charge in [0.2, 0.25) is 0 Å². The summed E-state index contributed by atoms with van der Waals surface area (Å²) < 4.78 is 37.7. The van der Waals surface area contributed by atoms with Crippen molar-refractivity contribution in [2.75, 3.05) is 7.05 Å². The van der Waals surface area contributed by atoms with E-state index in [1.54, 1.807) is 6.07 Å². The normalized spacial score (nSPS) is 12.6. The predicted molar refractivity (Wildman–Crippen MR) is 53.6 cm³/mol. The molecule has 0 aliphatic rings. The van der Waals surface area contributed by atoms with Crippen LogP contribution < -0.4 is 0 Å². The Kier molecular flexibility index (Phi) is 3.93. The fourth-order valence-corrected chi connectivity index (χ4v) is 1.37. The molecule has 0 N–H and O–H groups in total. The summed E-state index contributed by atoms with van der Waals surface area (Å²) >= 11 is 0. The molecule has 0 bridgehead atoms. The first kappa shape index (κ1) is 12.5. The second kappa shape index (κ2) is 5.01. The molecule has 0 saturated carbocycles. The van der Waals surface area contributed by atoms with Gasteiger partial charge in [0.25, 0.3) is 5.91 Å². The number of benzene rings is 1. The van der Waals surface area contributed by atoms with Crippen molar-refractivity contribution in [1.82, 2.24) is 4.90 Å². The van der Waals surface area contributed by atoms with Gasteiger partial charge in [0, 0.05) is 12.6 Å². The monoisotopic (exact) mass is 231 g/mol. The minimum absolute atomic E-state index is 0.221. The van der Waals surface area contributed by atoms with E-state index >= 15 is 0 Å². The molecule has 1 aromatic carbocycles. The second-order valence-corrected chi connectivity index (χ2v) is 3.45. The first-order chi connectivity index (χ1) is 7.45. The highest BCUT2D eigenvalue weighted by molar-refractivity contribution is 5.79. The summed E-state index contributed by atoms with van der Waals surface area (Å²) in [7, 11) is 1.23. The third kappa shape index (κ3) is 2.53. The van der Waals surface area contributed by atoms with Gasteiger partial charge >= 0.3 is 6.43 Å². The van der Waals surface area contributed by atoms with E-state index in [4.69, 9.17) is 0 Å². The van der Waals surface area contributed by atoms with Crippen molar-refractivity contribution in [1.29, 1.82) is 0 Å². The van der Waals surface area contributed by atoms with Gasteiger partial charge in [-0.3, -0.25) is 4.79 Å². The zero-order chi connectivity index (χ0) is 12.3. The van der Waals surface area contributed by atoms with Crippen molar-refractivity contribution in [2.45, 2.75) is 19.4 Å². The summed E-state index contributed by atoms with van der Waals surface area (Å²) in [4.78, 5) is 11.9. The number of rotatable bonds is 3. The highest BCUT2D eigenvalue weighted by Gasteiger charge is 2.25. The molecule has 0 spiro atoms. The molecule has 0 aliphatic carbocycles. The van der Waals surface area contributed by atoms with Gasteiger partial charge in [-0.05, 0) is 13.0 Å². The highest BCUT2D eigenvalue weighted by Crippen LogP contribution is 2.22. The van der Waals surface area contributed by atoms with Gasteiger partial charge in [0.15, 0.2) is 0 Å². The standard InChI is InChI=1S/C11H12F3NO/c1-7(15(2)11(16)10(13)14)8-5-3-4-6-9(8)12/h3-7,10H,1-2H3. The van der Waals surface area contributed by atoms with E-state index in [9.17, 15) is 18.0 Å². The van der Waals surface area contributed by atoms with Crippen molar-refractivity contribution in [3.8, 4) is 0 Å². The third-order valence-corrected chi connectivity index (χ3v) is 2.47. The van der Waals surface area contributed by atoms with Crippen LogP contribution in [-0.4, -0.2) is 24.3 Å². The minimum Gasteiger partial charge on any atom is -0.334 e. The van der Waals surface area contributed by atoms with Crippen LogP contribution in [0.2, 0.25) is 0 Å². The van der Waals surface area contributed by atoms with Crippen LogP contribution >= 0.6 is 0 Å². The minimum atomic E-state index is -3.07. The van der Waals surface area contributed by atoms with Crippen LogP contribution in [0.4, 0.5) is 13.2 Å². The first-order valence-electron chi connectivity index (χ1n) is 4.74. The molecule has 1 amide bonds. The summed E-state index contributed by atoms with van der Waals surface area (Å²) in [5, 5.41) is 0. The number of amides is 1. The molecule has 88 valence electrons. The third-order valence-electron chi connectivity index (χ3n) is 2.47. The van der Waals surface area contributed by atoms with Crippen LogP contribution in [0.1, 0.15) is 18.5 Å². The SMILES string of the molecule is CC(c1ccccc1F)N(C)C(=O)C(F)F.